The first kappa shape index (κ1) is 9.01. The molecule has 1 aliphatic carbocycles. The lowest BCUT2D eigenvalue weighted by molar-refractivity contribution is 0.400. The Hall–Kier alpha value is -1.56. The molecule has 0 N–H and O–H groups in total. The van der Waals surface area contributed by atoms with Crippen LogP contribution in [0.3, 0.4) is 0 Å². The van der Waals surface area contributed by atoms with Crippen LogP contribution < -0.4 is 4.74 Å². The van der Waals surface area contributed by atoms with Crippen molar-refractivity contribution < 1.29 is 4.74 Å². The molecule has 0 saturated heterocycles. The molecule has 0 bridgehead atoms. The van der Waals surface area contributed by atoms with Crippen molar-refractivity contribution in [1.82, 2.24) is 4.98 Å². The average molecular weight is 188 g/mol. The number of hydrogen-bond donors (Lipinski definition) is 0. The van der Waals surface area contributed by atoms with E-state index in [2.05, 4.69) is 11.1 Å². The molecule has 1 atom stereocenters. The summed E-state index contributed by atoms with van der Waals surface area (Å²) in [5, 5.41) is 8.87. The zero-order chi connectivity index (χ0) is 9.97. The smallest absolute Gasteiger partial charge is 0.125 e. The third-order valence-corrected chi connectivity index (χ3v) is 2.68. The Morgan fingerprint density at radius 1 is 1.64 bits per heavy atom. The number of methoxy groups -OCH3 is 1. The normalized spacial score (nSPS) is 19.6. The average Bonchev–Trinajstić information content (AvgIpc) is 2.27. The highest BCUT2D eigenvalue weighted by Gasteiger charge is 2.21. The van der Waals surface area contributed by atoms with Crippen LogP contribution in [0.15, 0.2) is 12.3 Å². The van der Waals surface area contributed by atoms with Crippen molar-refractivity contribution in [2.75, 3.05) is 7.11 Å². The number of rotatable bonds is 1. The maximum absolute atomic E-state index is 8.87. The first-order valence-corrected chi connectivity index (χ1v) is 4.75. The van der Waals surface area contributed by atoms with Gasteiger partial charge >= 0.3 is 0 Å². The number of hydrogen-bond acceptors (Lipinski definition) is 3. The zero-order valence-corrected chi connectivity index (χ0v) is 8.16. The topological polar surface area (TPSA) is 45.9 Å². The van der Waals surface area contributed by atoms with Gasteiger partial charge in [-0.1, -0.05) is 0 Å². The minimum Gasteiger partial charge on any atom is -0.496 e. The summed E-state index contributed by atoms with van der Waals surface area (Å²) in [7, 11) is 1.66. The van der Waals surface area contributed by atoms with E-state index in [1.165, 1.54) is 0 Å². The molecule has 0 aliphatic heterocycles. The van der Waals surface area contributed by atoms with E-state index in [0.29, 0.717) is 0 Å². The minimum absolute atomic E-state index is 0.126. The lowest BCUT2D eigenvalue weighted by Crippen LogP contribution is -2.14. The summed E-state index contributed by atoms with van der Waals surface area (Å²) < 4.78 is 5.26. The summed E-state index contributed by atoms with van der Waals surface area (Å²) in [6.45, 7) is 0. The Labute approximate surface area is 83.3 Å². The zero-order valence-electron chi connectivity index (χ0n) is 8.16. The van der Waals surface area contributed by atoms with Crippen LogP contribution in [-0.4, -0.2) is 12.1 Å². The van der Waals surface area contributed by atoms with E-state index in [9.17, 15) is 0 Å². The molecule has 3 heteroatoms. The molecular formula is C11H12N2O. The first-order valence-electron chi connectivity index (χ1n) is 4.75. The van der Waals surface area contributed by atoms with Crippen molar-refractivity contribution in [2.45, 2.75) is 19.3 Å². The molecular weight excluding hydrogens is 176 g/mol. The fraction of sp³-hybridized carbons (Fsp3) is 0.455. The van der Waals surface area contributed by atoms with E-state index in [1.807, 2.05) is 6.07 Å². The van der Waals surface area contributed by atoms with Crippen molar-refractivity contribution in [3.05, 3.63) is 23.5 Å². The Balaban J connectivity index is 2.38. The van der Waals surface area contributed by atoms with E-state index in [0.717, 1.165) is 36.3 Å². The fourth-order valence-electron chi connectivity index (χ4n) is 1.91. The van der Waals surface area contributed by atoms with Crippen molar-refractivity contribution in [3.63, 3.8) is 0 Å². The lowest BCUT2D eigenvalue weighted by atomic mass is 9.87. The number of nitrogens with zero attached hydrogens (tertiary/aromatic N) is 2. The van der Waals surface area contributed by atoms with Crippen LogP contribution in [0.2, 0.25) is 0 Å². The molecule has 14 heavy (non-hydrogen) atoms. The summed E-state index contributed by atoms with van der Waals surface area (Å²) in [6.07, 6.45) is 4.36. The predicted molar refractivity (Wildman–Crippen MR) is 51.9 cm³/mol. The van der Waals surface area contributed by atoms with Crippen molar-refractivity contribution >= 4 is 0 Å². The predicted octanol–water partition coefficient (Wildman–Crippen LogP) is 1.72. The van der Waals surface area contributed by atoms with Gasteiger partial charge in [0.15, 0.2) is 0 Å². The lowest BCUT2D eigenvalue weighted by Gasteiger charge is -2.20. The molecule has 0 amide bonds. The van der Waals surface area contributed by atoms with Gasteiger partial charge in [-0.05, 0) is 25.3 Å². The molecule has 3 nitrogen and oxygen atoms in total. The van der Waals surface area contributed by atoms with Gasteiger partial charge in [0, 0.05) is 17.5 Å². The Kier molecular flexibility index (Phi) is 2.36. The van der Waals surface area contributed by atoms with Gasteiger partial charge in [0.05, 0.1) is 19.1 Å². The molecule has 0 aromatic carbocycles. The van der Waals surface area contributed by atoms with Gasteiger partial charge in [-0.25, -0.2) is 0 Å². The maximum Gasteiger partial charge on any atom is 0.125 e. The second-order valence-corrected chi connectivity index (χ2v) is 3.51. The Bertz CT molecular complexity index is 367. The van der Waals surface area contributed by atoms with E-state index < -0.39 is 0 Å². The minimum atomic E-state index is 0.126. The van der Waals surface area contributed by atoms with E-state index >= 15 is 0 Å². The van der Waals surface area contributed by atoms with Gasteiger partial charge in [0.2, 0.25) is 0 Å². The summed E-state index contributed by atoms with van der Waals surface area (Å²) in [5.74, 6) is 0.996. The van der Waals surface area contributed by atoms with Gasteiger partial charge < -0.3 is 4.74 Å². The molecule has 0 spiro atoms. The highest BCUT2D eigenvalue weighted by atomic mass is 16.5. The standard InChI is InChI=1S/C11H12N2O/c1-14-11-4-5-13-10-3-2-8(7-12)6-9(10)11/h4-5,8H,2-3,6H2,1H3. The van der Waals surface area contributed by atoms with Crippen LogP contribution in [0.5, 0.6) is 5.75 Å². The van der Waals surface area contributed by atoms with Gasteiger partial charge in [-0.15, -0.1) is 0 Å². The van der Waals surface area contributed by atoms with Crippen LogP contribution in [0.25, 0.3) is 0 Å². The quantitative estimate of drug-likeness (QED) is 0.674. The Morgan fingerprint density at radius 2 is 2.50 bits per heavy atom. The van der Waals surface area contributed by atoms with Crippen molar-refractivity contribution in [3.8, 4) is 11.8 Å². The molecule has 1 unspecified atom stereocenters. The summed E-state index contributed by atoms with van der Waals surface area (Å²) in [6, 6.07) is 4.17. The molecule has 1 aromatic rings. The Morgan fingerprint density at radius 3 is 3.21 bits per heavy atom. The van der Waals surface area contributed by atoms with E-state index in [4.69, 9.17) is 10.00 Å². The number of ether oxygens (including phenoxy) is 1. The van der Waals surface area contributed by atoms with Gasteiger partial charge in [0.1, 0.15) is 5.75 Å². The monoisotopic (exact) mass is 188 g/mol. The summed E-state index contributed by atoms with van der Waals surface area (Å²) in [4.78, 5) is 4.31. The molecule has 1 aromatic heterocycles. The van der Waals surface area contributed by atoms with E-state index in [-0.39, 0.29) is 5.92 Å². The molecule has 1 aliphatic rings. The van der Waals surface area contributed by atoms with Crippen LogP contribution >= 0.6 is 0 Å². The van der Waals surface area contributed by atoms with Crippen molar-refractivity contribution in [2.24, 2.45) is 5.92 Å². The van der Waals surface area contributed by atoms with Gasteiger partial charge in [-0.3, -0.25) is 4.98 Å². The SMILES string of the molecule is COc1ccnc2c1CC(C#N)CC2. The first-order chi connectivity index (χ1) is 6.85. The number of nitriles is 1. The van der Waals surface area contributed by atoms with Crippen LogP contribution in [-0.2, 0) is 12.8 Å². The summed E-state index contributed by atoms with van der Waals surface area (Å²) in [5.41, 5.74) is 2.21. The highest BCUT2D eigenvalue weighted by molar-refractivity contribution is 5.38. The highest BCUT2D eigenvalue weighted by Crippen LogP contribution is 2.30. The molecule has 0 saturated carbocycles. The number of pyridine rings is 1. The second-order valence-electron chi connectivity index (χ2n) is 3.51. The van der Waals surface area contributed by atoms with Gasteiger partial charge in [-0.2, -0.15) is 5.26 Å². The molecule has 0 fully saturated rings. The molecule has 1 heterocycles. The number of aryl methyl sites for hydroxylation is 1. The summed E-state index contributed by atoms with van der Waals surface area (Å²) >= 11 is 0. The molecule has 2 rings (SSSR count). The maximum atomic E-state index is 8.87. The van der Waals surface area contributed by atoms with E-state index in [1.54, 1.807) is 13.3 Å². The molecule has 0 radical (unpaired) electrons. The fourth-order valence-corrected chi connectivity index (χ4v) is 1.91. The van der Waals surface area contributed by atoms with Crippen molar-refractivity contribution in [1.29, 1.82) is 5.26 Å². The number of aromatic nitrogens is 1. The van der Waals surface area contributed by atoms with Crippen LogP contribution in [0.4, 0.5) is 0 Å². The number of fused-ring (bicyclic) bond motifs is 1. The van der Waals surface area contributed by atoms with Crippen LogP contribution in [0.1, 0.15) is 17.7 Å². The van der Waals surface area contributed by atoms with Crippen LogP contribution in [0, 0.1) is 17.2 Å². The largest absolute Gasteiger partial charge is 0.496 e. The third-order valence-electron chi connectivity index (χ3n) is 2.68. The second kappa shape index (κ2) is 3.67. The van der Waals surface area contributed by atoms with Gasteiger partial charge in [0.25, 0.3) is 0 Å². The molecule has 72 valence electrons. The third kappa shape index (κ3) is 1.44.